The molecule has 4 aromatic rings. The molecular weight excluding hydrogens is 655 g/mol. The fourth-order valence-corrected chi connectivity index (χ4v) is 5.50. The number of benzene rings is 2. The second-order valence-corrected chi connectivity index (χ2v) is 12.5. The van der Waals surface area contributed by atoms with Crippen molar-refractivity contribution in [3.63, 3.8) is 0 Å². The van der Waals surface area contributed by atoms with Crippen LogP contribution in [0.4, 0.5) is 44.5 Å². The second kappa shape index (κ2) is 15.5. The van der Waals surface area contributed by atoms with Crippen molar-refractivity contribution >= 4 is 70.2 Å². The zero-order chi connectivity index (χ0) is 34.4. The minimum Gasteiger partial charge on any atom is -0.383 e. The monoisotopic (exact) mass is 692 g/mol. The Labute approximate surface area is 289 Å². The van der Waals surface area contributed by atoms with E-state index < -0.39 is 0 Å². The maximum absolute atomic E-state index is 13.1. The van der Waals surface area contributed by atoms with Gasteiger partial charge in [0, 0.05) is 42.7 Å². The number of halogens is 2. The number of nitrogens with zero attached hydrogens (tertiary/aromatic N) is 7. The molecule has 6 rings (SSSR count). The van der Waals surface area contributed by atoms with E-state index in [0.717, 1.165) is 11.1 Å². The number of fused-ring (bicyclic) bond motifs is 2. The van der Waals surface area contributed by atoms with E-state index in [1.54, 1.807) is 46.3 Å². The molecular formula is C33H38Cl2N10O3. The highest BCUT2D eigenvalue weighted by Crippen LogP contribution is 2.34. The Kier molecular flexibility index (Phi) is 11.1. The van der Waals surface area contributed by atoms with Crippen molar-refractivity contribution in [1.82, 2.24) is 19.9 Å². The highest BCUT2D eigenvalue weighted by Gasteiger charge is 2.34. The molecule has 4 amide bonds. The zero-order valence-corrected chi connectivity index (χ0v) is 28.9. The number of methoxy groups -OCH3 is 1. The third-order valence-corrected chi connectivity index (χ3v) is 7.83. The van der Waals surface area contributed by atoms with Gasteiger partial charge in [0.05, 0.1) is 47.7 Å². The summed E-state index contributed by atoms with van der Waals surface area (Å²) in [4.78, 5) is 47.8. The zero-order valence-electron chi connectivity index (χ0n) is 27.4. The van der Waals surface area contributed by atoms with Gasteiger partial charge in [-0.1, -0.05) is 47.5 Å². The van der Waals surface area contributed by atoms with Crippen molar-refractivity contribution in [2.75, 3.05) is 50.9 Å². The van der Waals surface area contributed by atoms with Gasteiger partial charge in [0.25, 0.3) is 0 Å². The number of ether oxygens (including phenoxy) is 1. The van der Waals surface area contributed by atoms with Crippen LogP contribution >= 0.6 is 23.2 Å². The molecule has 3 N–H and O–H groups in total. The van der Waals surface area contributed by atoms with Gasteiger partial charge in [-0.15, -0.1) is 0 Å². The fraction of sp³-hybridized carbons (Fsp3) is 0.333. The summed E-state index contributed by atoms with van der Waals surface area (Å²) in [5, 5.41) is 10.1. The number of rotatable bonds is 9. The number of anilines is 6. The van der Waals surface area contributed by atoms with E-state index in [0.29, 0.717) is 71.2 Å². The molecule has 0 unspecified atom stereocenters. The van der Waals surface area contributed by atoms with Crippen LogP contribution in [-0.4, -0.2) is 64.3 Å². The Morgan fingerprint density at radius 1 is 0.812 bits per heavy atom. The van der Waals surface area contributed by atoms with Crippen LogP contribution in [-0.2, 0) is 17.8 Å². The molecule has 252 valence electrons. The summed E-state index contributed by atoms with van der Waals surface area (Å²) in [5.74, 6) is 2.14. The molecule has 2 aliphatic heterocycles. The molecule has 13 nitrogen and oxygen atoms in total. The highest BCUT2D eigenvalue weighted by atomic mass is 35.5. The Balaban J connectivity index is 0.000000190. The third-order valence-electron chi connectivity index (χ3n) is 7.19. The number of nitrogens with one attached hydrogen (secondary N) is 3. The topological polar surface area (TPSA) is 141 Å². The first-order valence-corrected chi connectivity index (χ1v) is 16.2. The van der Waals surface area contributed by atoms with Crippen molar-refractivity contribution in [3.8, 4) is 0 Å². The Morgan fingerprint density at radius 2 is 1.35 bits per heavy atom. The van der Waals surface area contributed by atoms with Crippen molar-refractivity contribution in [2.24, 2.45) is 0 Å². The molecule has 0 spiro atoms. The summed E-state index contributed by atoms with van der Waals surface area (Å²) in [6.07, 6.45) is 3.47. The lowest BCUT2D eigenvalue weighted by atomic mass is 10.2. The number of hydrogen-bond acceptors (Lipinski definition) is 9. The molecule has 48 heavy (non-hydrogen) atoms. The van der Waals surface area contributed by atoms with Crippen LogP contribution in [0.25, 0.3) is 0 Å². The van der Waals surface area contributed by atoms with Gasteiger partial charge in [0.1, 0.15) is 11.6 Å². The van der Waals surface area contributed by atoms with E-state index in [1.165, 1.54) is 0 Å². The fourth-order valence-electron chi connectivity index (χ4n) is 5.02. The van der Waals surface area contributed by atoms with Crippen LogP contribution in [0.1, 0.15) is 38.8 Å². The molecule has 2 aromatic carbocycles. The normalized spacial score (nSPS) is 13.9. The van der Waals surface area contributed by atoms with Crippen molar-refractivity contribution in [2.45, 2.75) is 52.9 Å². The van der Waals surface area contributed by atoms with Crippen LogP contribution in [0.3, 0.4) is 0 Å². The molecule has 0 atom stereocenters. The summed E-state index contributed by atoms with van der Waals surface area (Å²) in [6.45, 7) is 9.56. The van der Waals surface area contributed by atoms with E-state index in [9.17, 15) is 9.59 Å². The van der Waals surface area contributed by atoms with Crippen molar-refractivity contribution in [1.29, 1.82) is 0 Å². The number of urea groups is 2. The van der Waals surface area contributed by atoms with Crippen LogP contribution in [0.5, 0.6) is 0 Å². The SMILES string of the molecule is CC(C)Nc1ncc2c(n1)NC(=O)N(c1ccccc1Cl)C2.COCCN1C(=O)N(c2ccccc2Cl)Cc2cnc(NC(C)C)nc21. The maximum atomic E-state index is 13.1. The molecule has 0 aliphatic carbocycles. The molecule has 0 saturated carbocycles. The lowest BCUT2D eigenvalue weighted by Crippen LogP contribution is -2.49. The van der Waals surface area contributed by atoms with Crippen LogP contribution < -0.4 is 30.7 Å². The summed E-state index contributed by atoms with van der Waals surface area (Å²) in [7, 11) is 1.60. The van der Waals surface area contributed by atoms with Crippen LogP contribution in [0, 0.1) is 0 Å². The smallest absolute Gasteiger partial charge is 0.330 e. The van der Waals surface area contributed by atoms with Crippen molar-refractivity contribution in [3.05, 3.63) is 82.1 Å². The number of hydrogen-bond donors (Lipinski definition) is 3. The van der Waals surface area contributed by atoms with E-state index in [4.69, 9.17) is 27.9 Å². The molecule has 0 radical (unpaired) electrons. The Bertz CT molecular complexity index is 1770. The van der Waals surface area contributed by atoms with E-state index in [2.05, 4.69) is 35.9 Å². The standard InChI is InChI=1S/C18H22ClN5O2.C15H16ClN5O/c1-12(2)21-17-20-10-13-11-24(15-7-5-4-6-14(15)19)18(25)23(8-9-26-3)16(13)22-17;1-9(2)18-14-17-7-10-8-21(15(22)20-13(10)19-14)12-6-4-3-5-11(12)16/h4-7,10,12H,8-9,11H2,1-3H3,(H,20,21,22);3-7,9H,8H2,1-2H3,(H2,17,18,19,20,22). The van der Waals surface area contributed by atoms with Gasteiger partial charge in [-0.3, -0.25) is 20.0 Å². The minimum absolute atomic E-state index is 0.183. The Morgan fingerprint density at radius 3 is 1.94 bits per heavy atom. The molecule has 2 aliphatic rings. The minimum atomic E-state index is -0.255. The quantitative estimate of drug-likeness (QED) is 0.168. The van der Waals surface area contributed by atoms with Gasteiger partial charge in [-0.25, -0.2) is 19.6 Å². The van der Waals surface area contributed by atoms with E-state index in [-0.39, 0.29) is 24.1 Å². The van der Waals surface area contributed by atoms with Gasteiger partial charge in [0.15, 0.2) is 0 Å². The predicted octanol–water partition coefficient (Wildman–Crippen LogP) is 7.05. The van der Waals surface area contributed by atoms with Crippen molar-refractivity contribution < 1.29 is 14.3 Å². The lowest BCUT2D eigenvalue weighted by Gasteiger charge is -2.36. The van der Waals surface area contributed by atoms with Crippen LogP contribution in [0.15, 0.2) is 60.9 Å². The maximum Gasteiger partial charge on any atom is 0.330 e. The largest absolute Gasteiger partial charge is 0.383 e. The van der Waals surface area contributed by atoms with Gasteiger partial charge < -0.3 is 15.4 Å². The second-order valence-electron chi connectivity index (χ2n) is 11.6. The van der Waals surface area contributed by atoms with Gasteiger partial charge in [0.2, 0.25) is 11.9 Å². The Hall–Kier alpha value is -4.72. The van der Waals surface area contributed by atoms with Crippen LogP contribution in [0.2, 0.25) is 10.0 Å². The first-order valence-electron chi connectivity index (χ1n) is 15.5. The van der Waals surface area contributed by atoms with Gasteiger partial charge in [-0.05, 0) is 52.0 Å². The third kappa shape index (κ3) is 8.04. The molecule has 2 aromatic heterocycles. The molecule has 15 heteroatoms. The summed E-state index contributed by atoms with van der Waals surface area (Å²) >= 11 is 12.5. The predicted molar refractivity (Wildman–Crippen MR) is 190 cm³/mol. The molecule has 0 saturated heterocycles. The van der Waals surface area contributed by atoms with Gasteiger partial charge >= 0.3 is 12.1 Å². The number of aromatic nitrogens is 4. The van der Waals surface area contributed by atoms with Gasteiger partial charge in [-0.2, -0.15) is 9.97 Å². The summed E-state index contributed by atoms with van der Waals surface area (Å²) in [6, 6.07) is 14.5. The molecule has 0 fully saturated rings. The van der Waals surface area contributed by atoms with E-state index >= 15 is 0 Å². The number of para-hydroxylation sites is 2. The number of carbonyl (C=O) groups excluding carboxylic acids is 2. The lowest BCUT2D eigenvalue weighted by molar-refractivity contribution is 0.202. The molecule has 4 heterocycles. The first kappa shape index (κ1) is 34.6. The first-order chi connectivity index (χ1) is 23.0. The summed E-state index contributed by atoms with van der Waals surface area (Å²) in [5.41, 5.74) is 3.03. The average molecular weight is 694 g/mol. The highest BCUT2D eigenvalue weighted by molar-refractivity contribution is 6.34. The number of amides is 4. The number of carbonyl (C=O) groups is 2. The average Bonchev–Trinajstić information content (AvgIpc) is 3.04. The summed E-state index contributed by atoms with van der Waals surface area (Å²) < 4.78 is 5.17. The van der Waals surface area contributed by atoms with E-state index in [1.807, 2.05) is 64.1 Å². The molecule has 0 bridgehead atoms.